The number of ether oxygens (including phenoxy) is 2. The van der Waals surface area contributed by atoms with Crippen LogP contribution in [0.25, 0.3) is 0 Å². The van der Waals surface area contributed by atoms with Crippen LogP contribution in [0.15, 0.2) is 0 Å². The SMILES string of the molecule is OC1CCOCC1C1CCOC2(CCSC2)C1. The zero-order valence-electron chi connectivity index (χ0n) is 10.3. The quantitative estimate of drug-likeness (QED) is 0.777. The summed E-state index contributed by atoms with van der Waals surface area (Å²) in [7, 11) is 0. The number of thioether (sulfide) groups is 1. The molecule has 3 aliphatic heterocycles. The molecule has 0 saturated carbocycles. The molecular formula is C13H22O3S. The van der Waals surface area contributed by atoms with Gasteiger partial charge in [0.15, 0.2) is 0 Å². The van der Waals surface area contributed by atoms with Crippen molar-refractivity contribution in [1.82, 2.24) is 0 Å². The van der Waals surface area contributed by atoms with Crippen LogP contribution in [-0.4, -0.2) is 48.1 Å². The normalized spacial score (nSPS) is 47.5. The van der Waals surface area contributed by atoms with Crippen molar-refractivity contribution in [2.75, 3.05) is 31.3 Å². The van der Waals surface area contributed by atoms with Gasteiger partial charge in [0.05, 0.1) is 18.3 Å². The highest BCUT2D eigenvalue weighted by Crippen LogP contribution is 2.43. The fraction of sp³-hybridized carbons (Fsp3) is 1.00. The summed E-state index contributed by atoms with van der Waals surface area (Å²) in [6.07, 6.45) is 4.07. The van der Waals surface area contributed by atoms with E-state index >= 15 is 0 Å². The highest BCUT2D eigenvalue weighted by molar-refractivity contribution is 7.99. The van der Waals surface area contributed by atoms with E-state index in [0.717, 1.165) is 44.8 Å². The summed E-state index contributed by atoms with van der Waals surface area (Å²) in [4.78, 5) is 0. The largest absolute Gasteiger partial charge is 0.393 e. The lowest BCUT2D eigenvalue weighted by molar-refractivity contribution is -0.124. The molecule has 98 valence electrons. The Balaban J connectivity index is 1.66. The Morgan fingerprint density at radius 1 is 1.24 bits per heavy atom. The predicted molar refractivity (Wildman–Crippen MR) is 68.3 cm³/mol. The third-order valence-electron chi connectivity index (χ3n) is 4.57. The maximum atomic E-state index is 10.1. The van der Waals surface area contributed by atoms with Gasteiger partial charge in [-0.15, -0.1) is 0 Å². The average molecular weight is 258 g/mol. The molecule has 0 bridgehead atoms. The molecule has 3 saturated heterocycles. The van der Waals surface area contributed by atoms with E-state index in [2.05, 4.69) is 0 Å². The molecule has 0 aromatic carbocycles. The minimum Gasteiger partial charge on any atom is -0.393 e. The van der Waals surface area contributed by atoms with E-state index in [9.17, 15) is 5.11 Å². The Kier molecular flexibility index (Phi) is 3.67. The summed E-state index contributed by atoms with van der Waals surface area (Å²) in [6.45, 7) is 2.34. The first-order valence-corrected chi connectivity index (χ1v) is 7.92. The van der Waals surface area contributed by atoms with Crippen molar-refractivity contribution in [1.29, 1.82) is 0 Å². The van der Waals surface area contributed by atoms with Crippen LogP contribution in [-0.2, 0) is 9.47 Å². The van der Waals surface area contributed by atoms with Crippen molar-refractivity contribution in [2.45, 2.75) is 37.4 Å². The third-order valence-corrected chi connectivity index (χ3v) is 5.79. The van der Waals surface area contributed by atoms with Gasteiger partial charge in [-0.25, -0.2) is 0 Å². The Labute approximate surface area is 107 Å². The molecule has 0 aliphatic carbocycles. The second-order valence-corrected chi connectivity index (χ2v) is 6.79. The topological polar surface area (TPSA) is 38.7 Å². The molecule has 4 heteroatoms. The van der Waals surface area contributed by atoms with Crippen LogP contribution in [0.5, 0.6) is 0 Å². The van der Waals surface area contributed by atoms with E-state index in [-0.39, 0.29) is 11.7 Å². The molecule has 4 unspecified atom stereocenters. The summed E-state index contributed by atoms with van der Waals surface area (Å²) in [5.74, 6) is 3.32. The van der Waals surface area contributed by atoms with Crippen molar-refractivity contribution in [3.63, 3.8) is 0 Å². The average Bonchev–Trinajstić information content (AvgIpc) is 2.78. The highest BCUT2D eigenvalue weighted by atomic mass is 32.2. The van der Waals surface area contributed by atoms with Gasteiger partial charge in [0.25, 0.3) is 0 Å². The van der Waals surface area contributed by atoms with Crippen LogP contribution in [0.3, 0.4) is 0 Å². The third kappa shape index (κ3) is 2.50. The van der Waals surface area contributed by atoms with Gasteiger partial charge in [-0.3, -0.25) is 0 Å². The Bertz CT molecular complexity index is 265. The summed E-state index contributed by atoms with van der Waals surface area (Å²) in [5, 5.41) is 10.1. The second kappa shape index (κ2) is 5.08. The smallest absolute Gasteiger partial charge is 0.0783 e. The zero-order valence-corrected chi connectivity index (χ0v) is 11.1. The molecule has 0 aromatic heterocycles. The van der Waals surface area contributed by atoms with E-state index in [1.165, 1.54) is 12.2 Å². The fourth-order valence-corrected chi connectivity index (χ4v) is 4.87. The van der Waals surface area contributed by atoms with Gasteiger partial charge in [-0.1, -0.05) is 0 Å². The lowest BCUT2D eigenvalue weighted by Gasteiger charge is -2.43. The van der Waals surface area contributed by atoms with Crippen LogP contribution >= 0.6 is 11.8 Å². The molecule has 3 nitrogen and oxygen atoms in total. The summed E-state index contributed by atoms with van der Waals surface area (Å²) >= 11 is 2.01. The molecule has 3 fully saturated rings. The molecule has 17 heavy (non-hydrogen) atoms. The number of aliphatic hydroxyl groups is 1. The monoisotopic (exact) mass is 258 g/mol. The van der Waals surface area contributed by atoms with Crippen LogP contribution in [0.1, 0.15) is 25.7 Å². The number of hydrogen-bond donors (Lipinski definition) is 1. The van der Waals surface area contributed by atoms with Crippen molar-refractivity contribution in [3.8, 4) is 0 Å². The molecule has 0 amide bonds. The summed E-state index contributed by atoms with van der Waals surface area (Å²) in [6, 6.07) is 0. The summed E-state index contributed by atoms with van der Waals surface area (Å²) < 4.78 is 11.6. The van der Waals surface area contributed by atoms with Gasteiger partial charge in [0.2, 0.25) is 0 Å². The van der Waals surface area contributed by atoms with E-state index in [1.807, 2.05) is 11.8 Å². The van der Waals surface area contributed by atoms with Gasteiger partial charge in [0, 0.05) is 24.9 Å². The first-order chi connectivity index (χ1) is 8.29. The molecule has 3 rings (SSSR count). The maximum absolute atomic E-state index is 10.1. The molecule has 0 aromatic rings. The van der Waals surface area contributed by atoms with Gasteiger partial charge in [-0.05, 0) is 37.4 Å². The highest BCUT2D eigenvalue weighted by Gasteiger charge is 2.44. The van der Waals surface area contributed by atoms with Crippen LogP contribution in [0, 0.1) is 11.8 Å². The van der Waals surface area contributed by atoms with Crippen LogP contribution < -0.4 is 0 Å². The molecule has 3 aliphatic rings. The van der Waals surface area contributed by atoms with E-state index in [4.69, 9.17) is 9.47 Å². The molecule has 4 atom stereocenters. The van der Waals surface area contributed by atoms with E-state index < -0.39 is 0 Å². The molecule has 1 spiro atoms. The fourth-order valence-electron chi connectivity index (χ4n) is 3.49. The van der Waals surface area contributed by atoms with Crippen LogP contribution in [0.4, 0.5) is 0 Å². The van der Waals surface area contributed by atoms with E-state index in [0.29, 0.717) is 11.8 Å². The zero-order chi connectivity index (χ0) is 11.7. The van der Waals surface area contributed by atoms with Gasteiger partial charge in [-0.2, -0.15) is 11.8 Å². The number of rotatable bonds is 1. The lowest BCUT2D eigenvalue weighted by Crippen LogP contribution is -2.46. The standard InChI is InChI=1S/C13H22O3S/c14-12-2-4-15-8-11(12)10-1-5-16-13(7-10)3-6-17-9-13/h10-12,14H,1-9H2. The molecule has 3 heterocycles. The van der Waals surface area contributed by atoms with Crippen molar-refractivity contribution >= 4 is 11.8 Å². The van der Waals surface area contributed by atoms with Gasteiger partial charge >= 0.3 is 0 Å². The predicted octanol–water partition coefficient (Wildman–Crippen LogP) is 1.69. The molecule has 0 radical (unpaired) electrons. The lowest BCUT2D eigenvalue weighted by atomic mass is 9.75. The van der Waals surface area contributed by atoms with Crippen molar-refractivity contribution < 1.29 is 14.6 Å². The van der Waals surface area contributed by atoms with Crippen molar-refractivity contribution in [3.05, 3.63) is 0 Å². The Morgan fingerprint density at radius 3 is 2.94 bits per heavy atom. The van der Waals surface area contributed by atoms with Gasteiger partial charge in [0.1, 0.15) is 0 Å². The Morgan fingerprint density at radius 2 is 2.18 bits per heavy atom. The first kappa shape index (κ1) is 12.3. The molecular weight excluding hydrogens is 236 g/mol. The minimum absolute atomic E-state index is 0.130. The summed E-state index contributed by atoms with van der Waals surface area (Å²) in [5.41, 5.74) is 0.130. The Hall–Kier alpha value is 0.230. The van der Waals surface area contributed by atoms with Gasteiger partial charge < -0.3 is 14.6 Å². The van der Waals surface area contributed by atoms with Crippen LogP contribution in [0.2, 0.25) is 0 Å². The number of aliphatic hydroxyl groups excluding tert-OH is 1. The number of hydrogen-bond acceptors (Lipinski definition) is 4. The van der Waals surface area contributed by atoms with E-state index in [1.54, 1.807) is 0 Å². The van der Waals surface area contributed by atoms with Crippen molar-refractivity contribution in [2.24, 2.45) is 11.8 Å². The second-order valence-electron chi connectivity index (χ2n) is 5.68. The minimum atomic E-state index is -0.155. The maximum Gasteiger partial charge on any atom is 0.0783 e. The first-order valence-electron chi connectivity index (χ1n) is 6.77. The molecule has 1 N–H and O–H groups in total.